The molecule has 2 atom stereocenters. The molecule has 3 N–H and O–H groups in total. The van der Waals surface area contributed by atoms with E-state index in [1.165, 1.54) is 32.1 Å². The second kappa shape index (κ2) is 5.55. The van der Waals surface area contributed by atoms with E-state index in [0.717, 1.165) is 19.0 Å². The number of rotatable bonds is 4. The van der Waals surface area contributed by atoms with Crippen molar-refractivity contribution in [2.45, 2.75) is 45.1 Å². The topological polar surface area (TPSA) is 38.0 Å². The minimum absolute atomic E-state index is 0.461. The van der Waals surface area contributed by atoms with Crippen molar-refractivity contribution in [2.75, 3.05) is 13.1 Å². The smallest absolute Gasteiger partial charge is 0.00792 e. The quantitative estimate of drug-likeness (QED) is 0.628. The monoisotopic (exact) mass is 170 g/mol. The van der Waals surface area contributed by atoms with Crippen molar-refractivity contribution in [3.05, 3.63) is 0 Å². The maximum Gasteiger partial charge on any atom is 0.00792 e. The zero-order valence-electron chi connectivity index (χ0n) is 8.18. The highest BCUT2D eigenvalue weighted by molar-refractivity contribution is 4.79. The molecule has 72 valence electrons. The van der Waals surface area contributed by atoms with Gasteiger partial charge in [0, 0.05) is 6.04 Å². The second-order valence-electron chi connectivity index (χ2n) is 3.91. The van der Waals surface area contributed by atoms with Crippen molar-refractivity contribution >= 4 is 0 Å². The Morgan fingerprint density at radius 3 is 2.75 bits per heavy atom. The van der Waals surface area contributed by atoms with Gasteiger partial charge in [0.1, 0.15) is 0 Å². The third-order valence-electron chi connectivity index (χ3n) is 2.80. The van der Waals surface area contributed by atoms with Crippen LogP contribution in [0.3, 0.4) is 0 Å². The highest BCUT2D eigenvalue weighted by Crippen LogP contribution is 2.21. The summed E-state index contributed by atoms with van der Waals surface area (Å²) >= 11 is 0. The van der Waals surface area contributed by atoms with E-state index in [1.807, 2.05) is 0 Å². The molecule has 0 aliphatic heterocycles. The van der Waals surface area contributed by atoms with Crippen LogP contribution in [-0.2, 0) is 0 Å². The van der Waals surface area contributed by atoms with Gasteiger partial charge in [-0.2, -0.15) is 0 Å². The van der Waals surface area contributed by atoms with E-state index >= 15 is 0 Å². The number of nitrogens with one attached hydrogen (secondary N) is 1. The van der Waals surface area contributed by atoms with Crippen LogP contribution in [-0.4, -0.2) is 19.1 Å². The zero-order chi connectivity index (χ0) is 8.81. The maximum atomic E-state index is 6.02. The molecule has 2 unspecified atom stereocenters. The van der Waals surface area contributed by atoms with Crippen LogP contribution in [0.2, 0.25) is 0 Å². The lowest BCUT2D eigenvalue weighted by Gasteiger charge is -2.28. The Morgan fingerprint density at radius 2 is 2.08 bits per heavy atom. The van der Waals surface area contributed by atoms with Crippen molar-refractivity contribution in [3.63, 3.8) is 0 Å². The molecule has 0 aromatic carbocycles. The van der Waals surface area contributed by atoms with Gasteiger partial charge in [-0.1, -0.05) is 19.8 Å². The van der Waals surface area contributed by atoms with Gasteiger partial charge >= 0.3 is 0 Å². The van der Waals surface area contributed by atoms with Gasteiger partial charge in [0.15, 0.2) is 0 Å². The lowest BCUT2D eigenvalue weighted by Crippen LogP contribution is -2.39. The molecule has 1 aliphatic rings. The predicted molar refractivity (Wildman–Crippen MR) is 53.1 cm³/mol. The van der Waals surface area contributed by atoms with Gasteiger partial charge in [0.2, 0.25) is 0 Å². The molecule has 0 amide bonds. The van der Waals surface area contributed by atoms with E-state index in [4.69, 9.17) is 5.73 Å². The average Bonchev–Trinajstić information content (AvgIpc) is 2.09. The summed E-state index contributed by atoms with van der Waals surface area (Å²) in [5.74, 6) is 0.741. The standard InChI is InChI=1S/C10H22N2/c1-2-7-12-8-9-5-3-4-6-10(9)11/h9-10,12H,2-8,11H2,1H3. The molecule has 1 rings (SSSR count). The minimum atomic E-state index is 0.461. The SMILES string of the molecule is CCCNCC1CCCCC1N. The van der Waals surface area contributed by atoms with Gasteiger partial charge in [0.05, 0.1) is 0 Å². The van der Waals surface area contributed by atoms with Gasteiger partial charge in [-0.15, -0.1) is 0 Å². The fourth-order valence-electron chi connectivity index (χ4n) is 1.95. The molecule has 0 heterocycles. The normalized spacial score (nSPS) is 30.5. The summed E-state index contributed by atoms with van der Waals surface area (Å²) < 4.78 is 0. The molecule has 0 bridgehead atoms. The fraction of sp³-hybridized carbons (Fsp3) is 1.00. The molecule has 0 saturated heterocycles. The van der Waals surface area contributed by atoms with Crippen LogP contribution in [0.4, 0.5) is 0 Å². The van der Waals surface area contributed by atoms with E-state index in [-0.39, 0.29) is 0 Å². The van der Waals surface area contributed by atoms with Crippen molar-refractivity contribution < 1.29 is 0 Å². The molecule has 2 nitrogen and oxygen atoms in total. The molecule has 0 spiro atoms. The van der Waals surface area contributed by atoms with Gasteiger partial charge in [0.25, 0.3) is 0 Å². The Balaban J connectivity index is 2.11. The summed E-state index contributed by atoms with van der Waals surface area (Å²) in [5.41, 5.74) is 6.02. The highest BCUT2D eigenvalue weighted by Gasteiger charge is 2.20. The lowest BCUT2D eigenvalue weighted by atomic mass is 9.85. The zero-order valence-corrected chi connectivity index (χ0v) is 8.18. The van der Waals surface area contributed by atoms with Gasteiger partial charge in [-0.05, 0) is 38.3 Å². The third kappa shape index (κ3) is 3.11. The summed E-state index contributed by atoms with van der Waals surface area (Å²) in [6.07, 6.45) is 6.51. The van der Waals surface area contributed by atoms with Gasteiger partial charge in [-0.25, -0.2) is 0 Å². The summed E-state index contributed by atoms with van der Waals surface area (Å²) in [4.78, 5) is 0. The van der Waals surface area contributed by atoms with Crippen LogP contribution in [0.15, 0.2) is 0 Å². The summed E-state index contributed by atoms with van der Waals surface area (Å²) in [5, 5.41) is 3.46. The van der Waals surface area contributed by atoms with Crippen LogP contribution < -0.4 is 11.1 Å². The predicted octanol–water partition coefficient (Wildman–Crippen LogP) is 1.50. The van der Waals surface area contributed by atoms with E-state index in [9.17, 15) is 0 Å². The Bertz CT molecular complexity index is 114. The molecule has 0 radical (unpaired) electrons. The molecule has 0 aromatic rings. The molecule has 1 aliphatic carbocycles. The molecule has 1 fully saturated rings. The van der Waals surface area contributed by atoms with Crippen LogP contribution >= 0.6 is 0 Å². The second-order valence-corrected chi connectivity index (χ2v) is 3.91. The van der Waals surface area contributed by atoms with Crippen LogP contribution in [0.25, 0.3) is 0 Å². The molecular weight excluding hydrogens is 148 g/mol. The number of hydrogen-bond acceptors (Lipinski definition) is 2. The largest absolute Gasteiger partial charge is 0.327 e. The van der Waals surface area contributed by atoms with E-state index in [0.29, 0.717) is 6.04 Å². The average molecular weight is 170 g/mol. The van der Waals surface area contributed by atoms with Crippen LogP contribution in [0.5, 0.6) is 0 Å². The number of nitrogens with two attached hydrogens (primary N) is 1. The first kappa shape index (κ1) is 10.0. The first-order valence-corrected chi connectivity index (χ1v) is 5.31. The highest BCUT2D eigenvalue weighted by atomic mass is 14.9. The molecule has 0 aromatic heterocycles. The Kier molecular flexibility index (Phi) is 4.62. The maximum absolute atomic E-state index is 6.02. The van der Waals surface area contributed by atoms with Gasteiger partial charge in [-0.3, -0.25) is 0 Å². The first-order valence-electron chi connectivity index (χ1n) is 5.31. The molecule has 12 heavy (non-hydrogen) atoms. The van der Waals surface area contributed by atoms with Crippen molar-refractivity contribution in [1.82, 2.24) is 5.32 Å². The Labute approximate surface area is 75.9 Å². The summed E-state index contributed by atoms with van der Waals surface area (Å²) in [7, 11) is 0. The van der Waals surface area contributed by atoms with Crippen molar-refractivity contribution in [3.8, 4) is 0 Å². The molecule has 2 heteroatoms. The fourth-order valence-corrected chi connectivity index (χ4v) is 1.95. The minimum Gasteiger partial charge on any atom is -0.327 e. The molecule has 1 saturated carbocycles. The Morgan fingerprint density at radius 1 is 1.33 bits per heavy atom. The van der Waals surface area contributed by atoms with Crippen LogP contribution in [0, 0.1) is 5.92 Å². The third-order valence-corrected chi connectivity index (χ3v) is 2.80. The lowest BCUT2D eigenvalue weighted by molar-refractivity contribution is 0.297. The Hall–Kier alpha value is -0.0800. The first-order chi connectivity index (χ1) is 5.84. The van der Waals surface area contributed by atoms with Gasteiger partial charge < -0.3 is 11.1 Å². The summed E-state index contributed by atoms with van der Waals surface area (Å²) in [6, 6.07) is 0.461. The van der Waals surface area contributed by atoms with Crippen LogP contribution in [0.1, 0.15) is 39.0 Å². The van der Waals surface area contributed by atoms with E-state index < -0.39 is 0 Å². The van der Waals surface area contributed by atoms with Crippen molar-refractivity contribution in [1.29, 1.82) is 0 Å². The van der Waals surface area contributed by atoms with E-state index in [1.54, 1.807) is 0 Å². The number of hydrogen-bond donors (Lipinski definition) is 2. The van der Waals surface area contributed by atoms with Crippen molar-refractivity contribution in [2.24, 2.45) is 11.7 Å². The summed E-state index contributed by atoms with van der Waals surface area (Å²) in [6.45, 7) is 4.48. The molecular formula is C10H22N2. The van der Waals surface area contributed by atoms with E-state index in [2.05, 4.69) is 12.2 Å².